The molecule has 0 atom stereocenters. The second kappa shape index (κ2) is 5.14. The molecule has 1 rings (SSSR count). The fourth-order valence-electron chi connectivity index (χ4n) is 1.22. The Kier molecular flexibility index (Phi) is 3.85. The number of hydrogen-bond donors (Lipinski definition) is 1. The molecular formula is C11H13N2O2. The molecule has 1 aromatic carbocycles. The topological polar surface area (TPSA) is 63.4 Å². The first kappa shape index (κ1) is 11.2. The minimum atomic E-state index is 0.201. The molecule has 0 spiro atoms. The van der Waals surface area contributed by atoms with Crippen molar-refractivity contribution in [3.05, 3.63) is 23.8 Å². The quantitative estimate of drug-likeness (QED) is 0.577. The SMILES string of the molecule is Cc1ccc(N(C=O)CC[C]=O)cc1N. The first-order valence-electron chi connectivity index (χ1n) is 4.62. The number of benzene rings is 1. The van der Waals surface area contributed by atoms with Crippen molar-refractivity contribution in [1.29, 1.82) is 0 Å². The van der Waals surface area contributed by atoms with Gasteiger partial charge < -0.3 is 10.6 Å². The van der Waals surface area contributed by atoms with Crippen LogP contribution in [0, 0.1) is 6.92 Å². The third-order valence-electron chi connectivity index (χ3n) is 2.18. The molecule has 79 valence electrons. The van der Waals surface area contributed by atoms with Gasteiger partial charge >= 0.3 is 0 Å². The molecule has 1 amide bonds. The normalized spacial score (nSPS) is 9.67. The van der Waals surface area contributed by atoms with Crippen LogP contribution in [0.5, 0.6) is 0 Å². The Morgan fingerprint density at radius 1 is 1.53 bits per heavy atom. The van der Waals surface area contributed by atoms with Gasteiger partial charge in [-0.25, -0.2) is 0 Å². The molecule has 0 aliphatic carbocycles. The van der Waals surface area contributed by atoms with Crippen molar-refractivity contribution in [2.75, 3.05) is 17.2 Å². The van der Waals surface area contributed by atoms with Crippen LogP contribution in [-0.4, -0.2) is 19.2 Å². The second-order valence-corrected chi connectivity index (χ2v) is 3.23. The Labute approximate surface area is 88.7 Å². The van der Waals surface area contributed by atoms with E-state index < -0.39 is 0 Å². The molecule has 0 aliphatic rings. The van der Waals surface area contributed by atoms with E-state index in [4.69, 9.17) is 5.73 Å². The molecule has 0 aromatic heterocycles. The van der Waals surface area contributed by atoms with E-state index in [0.717, 1.165) is 5.56 Å². The Morgan fingerprint density at radius 3 is 2.80 bits per heavy atom. The fourth-order valence-corrected chi connectivity index (χ4v) is 1.22. The molecule has 0 fully saturated rings. The van der Waals surface area contributed by atoms with Crippen molar-refractivity contribution in [1.82, 2.24) is 0 Å². The highest BCUT2D eigenvalue weighted by Crippen LogP contribution is 2.19. The predicted molar refractivity (Wildman–Crippen MR) is 59.3 cm³/mol. The van der Waals surface area contributed by atoms with Crippen LogP contribution in [0.1, 0.15) is 12.0 Å². The summed E-state index contributed by atoms with van der Waals surface area (Å²) >= 11 is 0. The summed E-state index contributed by atoms with van der Waals surface area (Å²) in [5.41, 5.74) is 8.02. The maximum absolute atomic E-state index is 10.8. The van der Waals surface area contributed by atoms with Crippen molar-refractivity contribution in [2.24, 2.45) is 0 Å². The summed E-state index contributed by atoms with van der Waals surface area (Å²) in [7, 11) is 0. The largest absolute Gasteiger partial charge is 0.398 e. The van der Waals surface area contributed by atoms with Crippen LogP contribution in [0.4, 0.5) is 11.4 Å². The first-order valence-corrected chi connectivity index (χ1v) is 4.62. The number of carbonyl (C=O) groups excluding carboxylic acids is 2. The van der Waals surface area contributed by atoms with E-state index >= 15 is 0 Å². The molecule has 0 heterocycles. The number of rotatable bonds is 5. The van der Waals surface area contributed by atoms with Gasteiger partial charge in [-0.05, 0) is 24.6 Å². The summed E-state index contributed by atoms with van der Waals surface area (Å²) in [5, 5.41) is 0. The highest BCUT2D eigenvalue weighted by Gasteiger charge is 2.05. The lowest BCUT2D eigenvalue weighted by atomic mass is 10.2. The maximum atomic E-state index is 10.8. The van der Waals surface area contributed by atoms with Crippen molar-refractivity contribution < 1.29 is 9.59 Å². The van der Waals surface area contributed by atoms with Crippen molar-refractivity contribution >= 4 is 24.1 Å². The fraction of sp³-hybridized carbons (Fsp3) is 0.273. The van der Waals surface area contributed by atoms with Gasteiger partial charge in [0.05, 0.1) is 0 Å². The van der Waals surface area contributed by atoms with Crippen LogP contribution < -0.4 is 10.6 Å². The zero-order valence-corrected chi connectivity index (χ0v) is 8.56. The summed E-state index contributed by atoms with van der Waals surface area (Å²) in [6.45, 7) is 2.22. The van der Waals surface area contributed by atoms with Gasteiger partial charge in [0.1, 0.15) is 0 Å². The Hall–Kier alpha value is -1.84. The third kappa shape index (κ3) is 2.80. The number of nitrogens with zero attached hydrogens (tertiary/aromatic N) is 1. The lowest BCUT2D eigenvalue weighted by Gasteiger charge is -2.16. The number of carbonyl (C=O) groups is 1. The highest BCUT2D eigenvalue weighted by molar-refractivity contribution is 5.77. The number of amides is 1. The molecule has 15 heavy (non-hydrogen) atoms. The van der Waals surface area contributed by atoms with Crippen LogP contribution >= 0.6 is 0 Å². The highest BCUT2D eigenvalue weighted by atomic mass is 16.1. The summed E-state index contributed by atoms with van der Waals surface area (Å²) in [6, 6.07) is 5.35. The van der Waals surface area contributed by atoms with E-state index in [1.807, 2.05) is 13.0 Å². The Bertz CT molecular complexity index is 364. The lowest BCUT2D eigenvalue weighted by molar-refractivity contribution is -0.107. The number of anilines is 2. The second-order valence-electron chi connectivity index (χ2n) is 3.23. The molecule has 1 radical (unpaired) electrons. The van der Waals surface area contributed by atoms with Gasteiger partial charge in [-0.1, -0.05) is 6.07 Å². The van der Waals surface area contributed by atoms with E-state index in [2.05, 4.69) is 0 Å². The maximum Gasteiger partial charge on any atom is 0.214 e. The summed E-state index contributed by atoms with van der Waals surface area (Å²) < 4.78 is 0. The molecule has 0 unspecified atom stereocenters. The zero-order valence-electron chi connectivity index (χ0n) is 8.56. The minimum Gasteiger partial charge on any atom is -0.398 e. The monoisotopic (exact) mass is 205 g/mol. The molecular weight excluding hydrogens is 192 g/mol. The van der Waals surface area contributed by atoms with E-state index in [1.54, 1.807) is 18.4 Å². The number of nitrogens with two attached hydrogens (primary N) is 1. The molecule has 4 nitrogen and oxygen atoms in total. The molecule has 0 saturated heterocycles. The van der Waals surface area contributed by atoms with E-state index in [9.17, 15) is 9.59 Å². The minimum absolute atomic E-state index is 0.201. The smallest absolute Gasteiger partial charge is 0.214 e. The van der Waals surface area contributed by atoms with Crippen LogP contribution in [0.15, 0.2) is 18.2 Å². The first-order chi connectivity index (χ1) is 7.19. The van der Waals surface area contributed by atoms with Crippen molar-refractivity contribution in [2.45, 2.75) is 13.3 Å². The van der Waals surface area contributed by atoms with Gasteiger partial charge in [-0.3, -0.25) is 9.59 Å². The molecule has 4 heteroatoms. The van der Waals surface area contributed by atoms with Gasteiger partial charge in [0.25, 0.3) is 0 Å². The van der Waals surface area contributed by atoms with E-state index in [-0.39, 0.29) is 6.42 Å². The van der Waals surface area contributed by atoms with Gasteiger partial charge in [0.15, 0.2) is 6.29 Å². The number of hydrogen-bond acceptors (Lipinski definition) is 3. The molecule has 2 N–H and O–H groups in total. The average Bonchev–Trinajstić information content (AvgIpc) is 2.24. The standard InChI is InChI=1S/C11H13N2O2/c1-9-3-4-10(7-11(9)12)13(8-15)5-2-6-14/h3-4,7-8H,2,5,12H2,1H3. The van der Waals surface area contributed by atoms with Gasteiger partial charge in [-0.15, -0.1) is 0 Å². The Morgan fingerprint density at radius 2 is 2.27 bits per heavy atom. The number of nitrogen functional groups attached to an aromatic ring is 1. The summed E-state index contributed by atoms with van der Waals surface area (Å²) in [4.78, 5) is 22.3. The van der Waals surface area contributed by atoms with Gasteiger partial charge in [-0.2, -0.15) is 0 Å². The van der Waals surface area contributed by atoms with Crippen LogP contribution in [-0.2, 0) is 9.59 Å². The average molecular weight is 205 g/mol. The summed E-state index contributed by atoms with van der Waals surface area (Å²) in [5.74, 6) is 0. The molecule has 0 bridgehead atoms. The molecule has 0 saturated carbocycles. The van der Waals surface area contributed by atoms with Crippen LogP contribution in [0.2, 0.25) is 0 Å². The summed E-state index contributed by atoms with van der Waals surface area (Å²) in [6.07, 6.45) is 2.63. The lowest BCUT2D eigenvalue weighted by Crippen LogP contribution is -2.22. The van der Waals surface area contributed by atoms with Gasteiger partial charge in [0, 0.05) is 24.3 Å². The zero-order chi connectivity index (χ0) is 11.3. The Balaban J connectivity index is 2.86. The van der Waals surface area contributed by atoms with Crippen molar-refractivity contribution in [3.63, 3.8) is 0 Å². The molecule has 1 aromatic rings. The van der Waals surface area contributed by atoms with Crippen LogP contribution in [0.3, 0.4) is 0 Å². The van der Waals surface area contributed by atoms with Crippen molar-refractivity contribution in [3.8, 4) is 0 Å². The number of aryl methyl sites for hydroxylation is 1. The predicted octanol–water partition coefficient (Wildman–Crippen LogP) is 1.04. The third-order valence-corrected chi connectivity index (χ3v) is 2.18. The van der Waals surface area contributed by atoms with E-state index in [1.165, 1.54) is 4.90 Å². The van der Waals surface area contributed by atoms with E-state index in [0.29, 0.717) is 24.3 Å². The van der Waals surface area contributed by atoms with Gasteiger partial charge in [0.2, 0.25) is 6.41 Å². The molecule has 0 aliphatic heterocycles. The van der Waals surface area contributed by atoms with Crippen LogP contribution in [0.25, 0.3) is 0 Å².